The van der Waals surface area contributed by atoms with Gasteiger partial charge in [-0.1, -0.05) is 12.8 Å². The quantitative estimate of drug-likeness (QED) is 0.644. The first kappa shape index (κ1) is 15.6. The summed E-state index contributed by atoms with van der Waals surface area (Å²) in [6, 6.07) is 4.54. The van der Waals surface area contributed by atoms with Gasteiger partial charge in [0.25, 0.3) is 0 Å². The van der Waals surface area contributed by atoms with Gasteiger partial charge in [-0.2, -0.15) is 0 Å². The summed E-state index contributed by atoms with van der Waals surface area (Å²) < 4.78 is 10.8. The van der Waals surface area contributed by atoms with Crippen LogP contribution in [0.25, 0.3) is 0 Å². The summed E-state index contributed by atoms with van der Waals surface area (Å²) in [4.78, 5) is 10.6. The van der Waals surface area contributed by atoms with Gasteiger partial charge in [-0.05, 0) is 37.3 Å². The molecular formula is C15H22N2O4. The number of nitrogens with two attached hydrogens (primary N) is 1. The highest BCUT2D eigenvalue weighted by Gasteiger charge is 2.26. The van der Waals surface area contributed by atoms with Crippen molar-refractivity contribution in [3.8, 4) is 11.5 Å². The van der Waals surface area contributed by atoms with Crippen molar-refractivity contribution in [1.29, 1.82) is 0 Å². The van der Waals surface area contributed by atoms with Crippen LogP contribution in [0.4, 0.5) is 5.69 Å². The van der Waals surface area contributed by atoms with Gasteiger partial charge >= 0.3 is 5.69 Å². The van der Waals surface area contributed by atoms with Gasteiger partial charge in [0, 0.05) is 12.1 Å². The van der Waals surface area contributed by atoms with E-state index in [1.807, 2.05) is 0 Å². The zero-order valence-electron chi connectivity index (χ0n) is 12.3. The van der Waals surface area contributed by atoms with Crippen molar-refractivity contribution in [2.45, 2.75) is 25.7 Å². The van der Waals surface area contributed by atoms with Crippen molar-refractivity contribution in [3.63, 3.8) is 0 Å². The molecule has 21 heavy (non-hydrogen) atoms. The Morgan fingerprint density at radius 2 is 2.05 bits per heavy atom. The molecule has 1 aromatic carbocycles. The molecule has 6 heteroatoms. The Morgan fingerprint density at radius 1 is 1.33 bits per heavy atom. The van der Waals surface area contributed by atoms with Crippen molar-refractivity contribution in [3.05, 3.63) is 28.3 Å². The molecule has 2 atom stereocenters. The molecule has 1 aromatic rings. The van der Waals surface area contributed by atoms with Crippen LogP contribution in [0.1, 0.15) is 25.7 Å². The molecule has 0 spiro atoms. The lowest BCUT2D eigenvalue weighted by Crippen LogP contribution is -2.30. The van der Waals surface area contributed by atoms with Gasteiger partial charge in [-0.15, -0.1) is 0 Å². The molecule has 0 saturated heterocycles. The summed E-state index contributed by atoms with van der Waals surface area (Å²) in [6.45, 7) is 1.12. The fourth-order valence-electron chi connectivity index (χ4n) is 2.90. The van der Waals surface area contributed by atoms with Crippen molar-refractivity contribution >= 4 is 5.69 Å². The highest BCUT2D eigenvalue weighted by atomic mass is 16.6. The number of hydrogen-bond donors (Lipinski definition) is 1. The number of rotatable bonds is 6. The monoisotopic (exact) mass is 294 g/mol. The normalized spacial score (nSPS) is 21.8. The minimum atomic E-state index is -0.434. The third-order valence-corrected chi connectivity index (χ3v) is 4.19. The summed E-state index contributed by atoms with van der Waals surface area (Å²) in [7, 11) is 1.52. The largest absolute Gasteiger partial charge is 0.497 e. The number of nitrogens with zero attached hydrogens (tertiary/aromatic N) is 1. The van der Waals surface area contributed by atoms with Gasteiger partial charge in [-0.25, -0.2) is 0 Å². The number of nitro benzene ring substituents is 1. The third kappa shape index (κ3) is 3.85. The average molecular weight is 294 g/mol. The fraction of sp³-hybridized carbons (Fsp3) is 0.600. The van der Waals surface area contributed by atoms with Crippen molar-refractivity contribution in [2.75, 3.05) is 20.3 Å². The molecule has 0 bridgehead atoms. The molecule has 1 aliphatic carbocycles. The number of ether oxygens (including phenoxy) is 2. The highest BCUT2D eigenvalue weighted by Crippen LogP contribution is 2.34. The molecular weight excluding hydrogens is 272 g/mol. The van der Waals surface area contributed by atoms with Gasteiger partial charge in [-0.3, -0.25) is 10.1 Å². The zero-order chi connectivity index (χ0) is 15.2. The molecule has 1 aliphatic rings. The fourth-order valence-corrected chi connectivity index (χ4v) is 2.90. The summed E-state index contributed by atoms with van der Waals surface area (Å²) in [5, 5.41) is 11.1. The average Bonchev–Trinajstić information content (AvgIpc) is 2.52. The minimum absolute atomic E-state index is 0.0316. The van der Waals surface area contributed by atoms with Crippen LogP contribution in [0.5, 0.6) is 11.5 Å². The number of methoxy groups -OCH3 is 1. The topological polar surface area (TPSA) is 87.6 Å². The van der Waals surface area contributed by atoms with Gasteiger partial charge in [0.1, 0.15) is 5.75 Å². The summed E-state index contributed by atoms with van der Waals surface area (Å²) in [6.07, 6.45) is 4.56. The smallest absolute Gasteiger partial charge is 0.311 e. The van der Waals surface area contributed by atoms with Crippen LogP contribution >= 0.6 is 0 Å². The standard InChI is InChI=1S/C15H22N2O4/c1-20-13-6-7-14(17(18)19)15(8-13)21-10-12-5-3-2-4-11(12)9-16/h6-8,11-12H,2-5,9-10,16H2,1H3. The van der Waals surface area contributed by atoms with Gasteiger partial charge in [0.2, 0.25) is 5.75 Å². The molecule has 6 nitrogen and oxygen atoms in total. The predicted molar refractivity (Wildman–Crippen MR) is 79.6 cm³/mol. The van der Waals surface area contributed by atoms with Crippen molar-refractivity contribution in [2.24, 2.45) is 17.6 Å². The summed E-state index contributed by atoms with van der Waals surface area (Å²) in [5.41, 5.74) is 5.77. The Bertz CT molecular complexity index is 493. The molecule has 116 valence electrons. The second-order valence-electron chi connectivity index (χ2n) is 5.44. The van der Waals surface area contributed by atoms with Crippen LogP contribution in [-0.2, 0) is 0 Å². The third-order valence-electron chi connectivity index (χ3n) is 4.19. The van der Waals surface area contributed by atoms with E-state index in [-0.39, 0.29) is 11.4 Å². The van der Waals surface area contributed by atoms with Crippen LogP contribution < -0.4 is 15.2 Å². The molecule has 2 N–H and O–H groups in total. The molecule has 0 aliphatic heterocycles. The highest BCUT2D eigenvalue weighted by molar-refractivity contribution is 5.50. The lowest BCUT2D eigenvalue weighted by atomic mass is 9.80. The van der Waals surface area contributed by atoms with E-state index in [1.54, 1.807) is 12.1 Å². The maximum atomic E-state index is 11.1. The number of nitro groups is 1. The predicted octanol–water partition coefficient (Wildman–Crippen LogP) is 2.75. The van der Waals surface area contributed by atoms with Crippen LogP contribution in [0.2, 0.25) is 0 Å². The number of benzene rings is 1. The Hall–Kier alpha value is -1.82. The molecule has 0 heterocycles. The second-order valence-corrected chi connectivity index (χ2v) is 5.44. The Morgan fingerprint density at radius 3 is 2.67 bits per heavy atom. The van der Waals surface area contributed by atoms with Crippen LogP contribution in [-0.4, -0.2) is 25.2 Å². The lowest BCUT2D eigenvalue weighted by molar-refractivity contribution is -0.385. The second kappa shape index (κ2) is 7.26. The van der Waals surface area contributed by atoms with Crippen molar-refractivity contribution < 1.29 is 14.4 Å². The van der Waals surface area contributed by atoms with E-state index in [9.17, 15) is 10.1 Å². The van der Waals surface area contributed by atoms with Gasteiger partial charge in [0.15, 0.2) is 0 Å². The Balaban J connectivity index is 2.09. The first-order valence-corrected chi connectivity index (χ1v) is 7.31. The summed E-state index contributed by atoms with van der Waals surface area (Å²) in [5.74, 6) is 1.63. The molecule has 2 rings (SSSR count). The van der Waals surface area contributed by atoms with E-state index in [2.05, 4.69) is 0 Å². The molecule has 1 fully saturated rings. The minimum Gasteiger partial charge on any atom is -0.497 e. The lowest BCUT2D eigenvalue weighted by Gasteiger charge is -2.30. The van der Waals surface area contributed by atoms with E-state index >= 15 is 0 Å². The zero-order valence-corrected chi connectivity index (χ0v) is 12.3. The Kier molecular flexibility index (Phi) is 5.38. The van der Waals surface area contributed by atoms with Gasteiger partial charge in [0.05, 0.1) is 18.6 Å². The molecule has 0 aromatic heterocycles. The maximum Gasteiger partial charge on any atom is 0.311 e. The van der Waals surface area contributed by atoms with Crippen LogP contribution in [0.15, 0.2) is 18.2 Å². The first-order valence-electron chi connectivity index (χ1n) is 7.31. The molecule has 2 unspecified atom stereocenters. The Labute approximate surface area is 124 Å². The van der Waals surface area contributed by atoms with Crippen molar-refractivity contribution in [1.82, 2.24) is 0 Å². The molecule has 0 amide bonds. The van der Waals surface area contributed by atoms with Crippen LogP contribution in [0.3, 0.4) is 0 Å². The summed E-state index contributed by atoms with van der Waals surface area (Å²) >= 11 is 0. The molecule has 1 saturated carbocycles. The van der Waals surface area contributed by atoms with E-state index < -0.39 is 4.92 Å². The van der Waals surface area contributed by atoms with E-state index in [0.717, 1.165) is 12.8 Å². The maximum absolute atomic E-state index is 11.1. The number of hydrogen-bond acceptors (Lipinski definition) is 5. The SMILES string of the molecule is COc1ccc([N+](=O)[O-])c(OCC2CCCCC2CN)c1. The van der Waals surface area contributed by atoms with E-state index in [0.29, 0.717) is 30.7 Å². The van der Waals surface area contributed by atoms with Gasteiger partial charge < -0.3 is 15.2 Å². The van der Waals surface area contributed by atoms with E-state index in [1.165, 1.54) is 26.0 Å². The molecule has 0 radical (unpaired) electrons. The first-order chi connectivity index (χ1) is 10.2. The van der Waals surface area contributed by atoms with Crippen LogP contribution in [0, 0.1) is 22.0 Å². The van der Waals surface area contributed by atoms with E-state index in [4.69, 9.17) is 15.2 Å².